The van der Waals surface area contributed by atoms with Gasteiger partial charge in [-0.1, -0.05) is 65.9 Å². The maximum Gasteiger partial charge on any atom is 0.253 e. The van der Waals surface area contributed by atoms with Gasteiger partial charge in [-0.15, -0.1) is 10.2 Å². The largest absolute Gasteiger partial charge is 0.378 e. The van der Waals surface area contributed by atoms with E-state index in [2.05, 4.69) is 26.0 Å². The summed E-state index contributed by atoms with van der Waals surface area (Å²) in [7, 11) is 0. The zero-order valence-electron chi connectivity index (χ0n) is 19.4. The molecule has 1 amide bonds. The van der Waals surface area contributed by atoms with Crippen molar-refractivity contribution in [2.24, 2.45) is 5.10 Å². The summed E-state index contributed by atoms with van der Waals surface area (Å²) in [6.45, 7) is 4.26. The van der Waals surface area contributed by atoms with Gasteiger partial charge in [0.05, 0.1) is 18.0 Å². The molecule has 0 aliphatic carbocycles. The molecule has 1 atom stereocenters. The van der Waals surface area contributed by atoms with Crippen LogP contribution in [0, 0.1) is 12.7 Å². The van der Waals surface area contributed by atoms with Crippen molar-refractivity contribution in [3.05, 3.63) is 102 Å². The molecule has 0 aliphatic heterocycles. The molecule has 9 heteroatoms. The van der Waals surface area contributed by atoms with Crippen LogP contribution in [0.3, 0.4) is 0 Å². The Morgan fingerprint density at radius 2 is 1.77 bits per heavy atom. The lowest BCUT2D eigenvalue weighted by molar-refractivity contribution is -0.120. The van der Waals surface area contributed by atoms with Crippen LogP contribution in [0.4, 0.5) is 10.1 Å². The molecule has 0 saturated heterocycles. The van der Waals surface area contributed by atoms with Crippen LogP contribution in [0.5, 0.6) is 0 Å². The zero-order valence-corrected chi connectivity index (χ0v) is 20.2. The molecule has 1 aromatic heterocycles. The molecule has 7 nitrogen and oxygen atoms in total. The number of aromatic nitrogens is 3. The smallest absolute Gasteiger partial charge is 0.253 e. The summed E-state index contributed by atoms with van der Waals surface area (Å²) in [4.78, 5) is 12.6. The Morgan fingerprint density at radius 3 is 2.51 bits per heavy atom. The van der Waals surface area contributed by atoms with Crippen molar-refractivity contribution >= 4 is 29.6 Å². The number of para-hydroxylation sites is 1. The number of nitrogens with one attached hydrogen (secondary N) is 2. The highest BCUT2D eigenvalue weighted by Gasteiger charge is 2.21. The Bertz CT molecular complexity index is 1310. The third kappa shape index (κ3) is 6.33. The number of benzene rings is 3. The van der Waals surface area contributed by atoms with Crippen LogP contribution in [0.1, 0.15) is 23.9 Å². The lowest BCUT2D eigenvalue weighted by atomic mass is 10.2. The van der Waals surface area contributed by atoms with Gasteiger partial charge in [0.15, 0.2) is 11.0 Å². The van der Waals surface area contributed by atoms with Crippen LogP contribution in [0.15, 0.2) is 89.1 Å². The number of nitrogens with zero attached hydrogens (tertiary/aromatic N) is 4. The van der Waals surface area contributed by atoms with Crippen LogP contribution < -0.4 is 10.7 Å². The highest BCUT2D eigenvalue weighted by Crippen LogP contribution is 2.26. The van der Waals surface area contributed by atoms with Crippen molar-refractivity contribution in [1.29, 1.82) is 0 Å². The van der Waals surface area contributed by atoms with E-state index < -0.39 is 11.1 Å². The van der Waals surface area contributed by atoms with E-state index >= 15 is 0 Å². The highest BCUT2D eigenvalue weighted by molar-refractivity contribution is 8.00. The van der Waals surface area contributed by atoms with Crippen LogP contribution in [0.2, 0.25) is 0 Å². The Labute approximate surface area is 207 Å². The Kier molecular flexibility index (Phi) is 7.89. The molecular weight excluding hydrogens is 463 g/mol. The minimum atomic E-state index is -0.516. The van der Waals surface area contributed by atoms with Crippen molar-refractivity contribution in [1.82, 2.24) is 20.2 Å². The summed E-state index contributed by atoms with van der Waals surface area (Å²) >= 11 is 1.27. The number of hydrogen-bond acceptors (Lipinski definition) is 6. The SMILES string of the molecule is Cc1ccc(NCc2nnc(S[C@@H](C)C(=O)N/N=C\c3ccccc3F)n2-c2ccccc2)cc1. The number of carbonyl (C=O) groups excluding carboxylic acids is 1. The number of aryl methyl sites for hydroxylation is 1. The van der Waals surface area contributed by atoms with E-state index in [4.69, 9.17) is 0 Å². The van der Waals surface area contributed by atoms with Gasteiger partial charge in [-0.2, -0.15) is 5.10 Å². The van der Waals surface area contributed by atoms with Crippen LogP contribution in [0.25, 0.3) is 5.69 Å². The van der Waals surface area contributed by atoms with Crippen molar-refractivity contribution in [2.75, 3.05) is 5.32 Å². The van der Waals surface area contributed by atoms with Gasteiger partial charge in [-0.3, -0.25) is 9.36 Å². The average Bonchev–Trinajstić information content (AvgIpc) is 3.27. The zero-order chi connectivity index (χ0) is 24.6. The number of carbonyl (C=O) groups is 1. The second kappa shape index (κ2) is 11.4. The molecular formula is C26H25FN6OS. The van der Waals surface area contributed by atoms with Gasteiger partial charge in [-0.05, 0) is 44.2 Å². The van der Waals surface area contributed by atoms with Gasteiger partial charge >= 0.3 is 0 Å². The van der Waals surface area contributed by atoms with Gasteiger partial charge in [-0.25, -0.2) is 9.82 Å². The fraction of sp³-hybridized carbons (Fsp3) is 0.154. The molecule has 0 radical (unpaired) electrons. The first-order chi connectivity index (χ1) is 17.0. The summed E-state index contributed by atoms with van der Waals surface area (Å²) in [5, 5.41) is 16.1. The first-order valence-corrected chi connectivity index (χ1v) is 11.9. The lowest BCUT2D eigenvalue weighted by Gasteiger charge is -2.13. The standard InChI is InChI=1S/C26H25FN6OS/c1-18-12-14-21(15-13-18)28-17-24-30-32-26(33(24)22-9-4-3-5-10-22)35-19(2)25(34)31-29-16-20-8-6-7-11-23(20)27/h3-16,19,28H,17H2,1-2H3,(H,31,34)/b29-16-/t19-/m0/s1. The summed E-state index contributed by atoms with van der Waals surface area (Å²) in [6.07, 6.45) is 1.28. The average molecular weight is 489 g/mol. The molecule has 0 aliphatic rings. The number of amides is 1. The fourth-order valence-corrected chi connectivity index (χ4v) is 4.11. The molecule has 0 unspecified atom stereocenters. The first-order valence-electron chi connectivity index (χ1n) is 11.1. The van der Waals surface area contributed by atoms with E-state index in [1.165, 1.54) is 29.6 Å². The van der Waals surface area contributed by atoms with Crippen molar-refractivity contribution in [3.8, 4) is 5.69 Å². The Balaban J connectivity index is 1.47. The molecule has 0 fully saturated rings. The monoisotopic (exact) mass is 488 g/mol. The summed E-state index contributed by atoms with van der Waals surface area (Å²) < 4.78 is 15.7. The molecule has 0 bridgehead atoms. The quantitative estimate of drug-likeness (QED) is 0.198. The van der Waals surface area contributed by atoms with E-state index in [-0.39, 0.29) is 5.91 Å². The van der Waals surface area contributed by atoms with E-state index in [0.29, 0.717) is 23.1 Å². The number of hydrogen-bond donors (Lipinski definition) is 2. The van der Waals surface area contributed by atoms with Crippen molar-refractivity contribution in [2.45, 2.75) is 30.8 Å². The highest BCUT2D eigenvalue weighted by atomic mass is 32.2. The molecule has 0 saturated carbocycles. The summed E-state index contributed by atoms with van der Waals surface area (Å²) in [6, 6.07) is 24.1. The second-order valence-electron chi connectivity index (χ2n) is 7.81. The predicted molar refractivity (Wildman–Crippen MR) is 137 cm³/mol. The number of thioether (sulfide) groups is 1. The predicted octanol–water partition coefficient (Wildman–Crippen LogP) is 4.96. The molecule has 178 valence electrons. The van der Waals surface area contributed by atoms with E-state index in [0.717, 1.165) is 11.4 Å². The maximum absolute atomic E-state index is 13.7. The maximum atomic E-state index is 13.7. The topological polar surface area (TPSA) is 84.2 Å². The molecule has 0 spiro atoms. The van der Waals surface area contributed by atoms with Crippen molar-refractivity contribution < 1.29 is 9.18 Å². The minimum Gasteiger partial charge on any atom is -0.378 e. The normalized spacial score (nSPS) is 12.0. The molecule has 35 heavy (non-hydrogen) atoms. The van der Waals surface area contributed by atoms with Crippen LogP contribution >= 0.6 is 11.8 Å². The first kappa shape index (κ1) is 24.2. The van der Waals surface area contributed by atoms with Gasteiger partial charge in [0, 0.05) is 16.9 Å². The fourth-order valence-electron chi connectivity index (χ4n) is 3.23. The molecule has 4 rings (SSSR count). The van der Waals surface area contributed by atoms with Crippen LogP contribution in [-0.2, 0) is 11.3 Å². The molecule has 1 heterocycles. The van der Waals surface area contributed by atoms with E-state index in [1.54, 1.807) is 25.1 Å². The molecule has 4 aromatic rings. The van der Waals surface area contributed by atoms with E-state index in [9.17, 15) is 9.18 Å². The second-order valence-corrected chi connectivity index (χ2v) is 9.11. The molecule has 3 aromatic carbocycles. The van der Waals surface area contributed by atoms with Gasteiger partial charge in [0.2, 0.25) is 0 Å². The number of hydrazone groups is 1. The Hall–Kier alpha value is -3.98. The van der Waals surface area contributed by atoms with Gasteiger partial charge < -0.3 is 5.32 Å². The van der Waals surface area contributed by atoms with E-state index in [1.807, 2.05) is 66.1 Å². The Morgan fingerprint density at radius 1 is 1.06 bits per heavy atom. The third-order valence-corrected chi connectivity index (χ3v) is 6.19. The van der Waals surface area contributed by atoms with Crippen molar-refractivity contribution in [3.63, 3.8) is 0 Å². The van der Waals surface area contributed by atoms with Crippen LogP contribution in [-0.4, -0.2) is 32.1 Å². The number of halogens is 1. The summed E-state index contributed by atoms with van der Waals surface area (Å²) in [5.41, 5.74) is 5.82. The third-order valence-electron chi connectivity index (χ3n) is 5.15. The summed E-state index contributed by atoms with van der Waals surface area (Å²) in [5.74, 6) is -0.0235. The van der Waals surface area contributed by atoms with Gasteiger partial charge in [0.1, 0.15) is 5.82 Å². The molecule has 2 N–H and O–H groups in total. The number of anilines is 1. The lowest BCUT2D eigenvalue weighted by Crippen LogP contribution is -2.27. The van der Waals surface area contributed by atoms with Gasteiger partial charge in [0.25, 0.3) is 5.91 Å². The number of rotatable bonds is 9. The minimum absolute atomic E-state index is 0.294.